The van der Waals surface area contributed by atoms with Crippen molar-refractivity contribution < 1.29 is 14.3 Å². The molecule has 8 heteroatoms. The molecule has 0 unspecified atom stereocenters. The number of para-hydroxylation sites is 2. The van der Waals surface area contributed by atoms with E-state index in [0.29, 0.717) is 24.1 Å². The normalized spacial score (nSPS) is 12.1. The van der Waals surface area contributed by atoms with Crippen LogP contribution in [0.15, 0.2) is 47.6 Å². The number of H-pyrrole nitrogens is 1. The summed E-state index contributed by atoms with van der Waals surface area (Å²) in [5.74, 6) is 1.51. The summed E-state index contributed by atoms with van der Waals surface area (Å²) in [6, 6.07) is 13.2. The van der Waals surface area contributed by atoms with Crippen molar-refractivity contribution in [1.29, 1.82) is 0 Å². The lowest BCUT2D eigenvalue weighted by molar-refractivity contribution is -0.135. The first kappa shape index (κ1) is 20.2. The van der Waals surface area contributed by atoms with Crippen molar-refractivity contribution in [3.8, 4) is 11.5 Å². The Morgan fingerprint density at radius 1 is 1.28 bits per heavy atom. The Morgan fingerprint density at radius 3 is 2.79 bits per heavy atom. The molecule has 8 nitrogen and oxygen atoms in total. The number of benzene rings is 2. The molecule has 2 N–H and O–H groups in total. The number of fused-ring (bicyclic) bond motifs is 1. The minimum atomic E-state index is -0.613. The van der Waals surface area contributed by atoms with E-state index in [1.807, 2.05) is 43.3 Å². The van der Waals surface area contributed by atoms with Gasteiger partial charge in [-0.1, -0.05) is 12.1 Å². The predicted octanol–water partition coefficient (Wildman–Crippen LogP) is 3.26. The van der Waals surface area contributed by atoms with Gasteiger partial charge in [-0.3, -0.25) is 4.79 Å². The fraction of sp³-hybridized carbons (Fsp3) is 0.286. The van der Waals surface area contributed by atoms with Crippen LogP contribution in [0.25, 0.3) is 11.0 Å². The molecule has 1 atom stereocenters. The minimum Gasteiger partial charge on any atom is -0.490 e. The van der Waals surface area contributed by atoms with E-state index >= 15 is 0 Å². The first-order chi connectivity index (χ1) is 14.0. The van der Waals surface area contributed by atoms with E-state index in [2.05, 4.69) is 20.5 Å². The maximum Gasteiger partial charge on any atom is 0.262 e. The Kier molecular flexibility index (Phi) is 6.33. The molecule has 3 rings (SSSR count). The lowest BCUT2D eigenvalue weighted by Crippen LogP contribution is -2.35. The number of hydrogen-bond donors (Lipinski definition) is 2. The molecule has 0 aliphatic heterocycles. The van der Waals surface area contributed by atoms with Gasteiger partial charge < -0.3 is 19.4 Å². The molecule has 0 aliphatic rings. The molecule has 0 radical (unpaired) electrons. The molecule has 0 saturated carbocycles. The average Bonchev–Trinajstić information content (AvgIpc) is 3.12. The Morgan fingerprint density at radius 2 is 2.07 bits per heavy atom. The van der Waals surface area contributed by atoms with Crippen LogP contribution in [0.3, 0.4) is 0 Å². The highest BCUT2D eigenvalue weighted by atomic mass is 16.5. The van der Waals surface area contributed by atoms with Gasteiger partial charge in [0.1, 0.15) is 0 Å². The lowest BCUT2D eigenvalue weighted by atomic mass is 10.2. The van der Waals surface area contributed by atoms with Crippen molar-refractivity contribution in [2.45, 2.75) is 20.0 Å². The Labute approximate surface area is 169 Å². The lowest BCUT2D eigenvalue weighted by Gasteiger charge is -2.20. The summed E-state index contributed by atoms with van der Waals surface area (Å²) in [7, 11) is 3.39. The zero-order valence-electron chi connectivity index (χ0n) is 17.0. The summed E-state index contributed by atoms with van der Waals surface area (Å²) in [4.78, 5) is 21.1. The van der Waals surface area contributed by atoms with E-state index in [-0.39, 0.29) is 5.91 Å². The highest BCUT2D eigenvalue weighted by Gasteiger charge is 2.18. The summed E-state index contributed by atoms with van der Waals surface area (Å²) in [6.45, 7) is 4.08. The zero-order chi connectivity index (χ0) is 20.8. The van der Waals surface area contributed by atoms with Gasteiger partial charge in [0.05, 0.1) is 23.9 Å². The third kappa shape index (κ3) is 5.04. The molecule has 29 heavy (non-hydrogen) atoms. The number of likely N-dealkylation sites (N-methyl/N-ethyl adjacent to an activating group) is 1. The Balaban J connectivity index is 1.71. The van der Waals surface area contributed by atoms with Crippen LogP contribution in [0.1, 0.15) is 19.4 Å². The van der Waals surface area contributed by atoms with Crippen LogP contribution in [-0.2, 0) is 4.79 Å². The SMILES string of the molecule is CCOc1cc(/C=N\Nc2nc3ccccc3[nH]2)ccc1O[C@H](C)C(=O)N(C)C. The van der Waals surface area contributed by atoms with Crippen molar-refractivity contribution in [3.05, 3.63) is 48.0 Å². The molecule has 1 amide bonds. The second-order valence-electron chi connectivity index (χ2n) is 6.60. The van der Waals surface area contributed by atoms with Crippen molar-refractivity contribution in [2.24, 2.45) is 5.10 Å². The number of hydrazone groups is 1. The van der Waals surface area contributed by atoms with Crippen molar-refractivity contribution >= 4 is 29.1 Å². The Hall–Kier alpha value is -3.55. The number of carbonyl (C=O) groups excluding carboxylic acids is 1. The van der Waals surface area contributed by atoms with Crippen LogP contribution in [0, 0.1) is 0 Å². The summed E-state index contributed by atoms with van der Waals surface area (Å²) >= 11 is 0. The van der Waals surface area contributed by atoms with Gasteiger partial charge in [0.15, 0.2) is 17.6 Å². The van der Waals surface area contributed by atoms with Crippen molar-refractivity contribution in [1.82, 2.24) is 14.9 Å². The predicted molar refractivity (Wildman–Crippen MR) is 114 cm³/mol. The van der Waals surface area contributed by atoms with E-state index in [4.69, 9.17) is 9.47 Å². The number of nitrogens with one attached hydrogen (secondary N) is 2. The van der Waals surface area contributed by atoms with Gasteiger partial charge in [-0.15, -0.1) is 0 Å². The fourth-order valence-electron chi connectivity index (χ4n) is 2.75. The molecular formula is C21H25N5O3. The van der Waals surface area contributed by atoms with Gasteiger partial charge in [-0.2, -0.15) is 5.10 Å². The van der Waals surface area contributed by atoms with Gasteiger partial charge >= 0.3 is 0 Å². The second-order valence-corrected chi connectivity index (χ2v) is 6.60. The molecule has 1 heterocycles. The maximum absolute atomic E-state index is 12.0. The summed E-state index contributed by atoms with van der Waals surface area (Å²) < 4.78 is 11.5. The number of ether oxygens (including phenoxy) is 2. The summed E-state index contributed by atoms with van der Waals surface area (Å²) in [5.41, 5.74) is 5.51. The van der Waals surface area contributed by atoms with Crippen LogP contribution in [0.4, 0.5) is 5.95 Å². The van der Waals surface area contributed by atoms with Crippen LogP contribution in [-0.4, -0.2) is 53.8 Å². The van der Waals surface area contributed by atoms with Gasteiger partial charge in [0.2, 0.25) is 5.95 Å². The first-order valence-corrected chi connectivity index (χ1v) is 9.36. The van der Waals surface area contributed by atoms with Gasteiger partial charge in [-0.25, -0.2) is 10.4 Å². The molecule has 1 aromatic heterocycles. The van der Waals surface area contributed by atoms with E-state index in [9.17, 15) is 4.79 Å². The van der Waals surface area contributed by atoms with E-state index in [0.717, 1.165) is 16.6 Å². The van der Waals surface area contributed by atoms with Gasteiger partial charge in [0, 0.05) is 14.1 Å². The number of carbonyl (C=O) groups is 1. The van der Waals surface area contributed by atoms with Gasteiger partial charge in [-0.05, 0) is 49.7 Å². The van der Waals surface area contributed by atoms with E-state index in [1.54, 1.807) is 33.3 Å². The van der Waals surface area contributed by atoms with Crippen LogP contribution >= 0.6 is 0 Å². The topological polar surface area (TPSA) is 91.8 Å². The standard InChI is InChI=1S/C21H25N5O3/c1-5-28-19-12-15(10-11-18(19)29-14(2)20(27)26(3)4)13-22-25-21-23-16-8-6-7-9-17(16)24-21/h6-14H,5H2,1-4H3,(H2,23,24,25)/b22-13-/t14-/m1/s1. The molecular weight excluding hydrogens is 370 g/mol. The second kappa shape index (κ2) is 9.09. The molecule has 0 bridgehead atoms. The van der Waals surface area contributed by atoms with Crippen LogP contribution in [0.5, 0.6) is 11.5 Å². The average molecular weight is 395 g/mol. The third-order valence-corrected chi connectivity index (χ3v) is 4.13. The molecule has 2 aromatic carbocycles. The molecule has 0 spiro atoms. The maximum atomic E-state index is 12.0. The number of hydrogen-bond acceptors (Lipinski definition) is 6. The molecule has 0 saturated heterocycles. The van der Waals surface area contributed by atoms with Crippen LogP contribution < -0.4 is 14.9 Å². The number of anilines is 1. The highest BCUT2D eigenvalue weighted by Crippen LogP contribution is 2.29. The molecule has 0 fully saturated rings. The monoisotopic (exact) mass is 395 g/mol. The number of amides is 1. The van der Waals surface area contributed by atoms with Crippen molar-refractivity contribution in [3.63, 3.8) is 0 Å². The van der Waals surface area contributed by atoms with E-state index < -0.39 is 6.10 Å². The van der Waals surface area contributed by atoms with E-state index in [1.165, 1.54) is 4.90 Å². The first-order valence-electron chi connectivity index (χ1n) is 9.36. The fourth-order valence-corrected chi connectivity index (χ4v) is 2.75. The van der Waals surface area contributed by atoms with Gasteiger partial charge in [0.25, 0.3) is 5.91 Å². The minimum absolute atomic E-state index is 0.117. The molecule has 0 aliphatic carbocycles. The summed E-state index contributed by atoms with van der Waals surface area (Å²) in [5, 5.41) is 4.22. The summed E-state index contributed by atoms with van der Waals surface area (Å²) in [6.07, 6.45) is 1.05. The number of imidazole rings is 1. The zero-order valence-corrected chi connectivity index (χ0v) is 17.0. The number of rotatable bonds is 8. The Bertz CT molecular complexity index is 979. The molecule has 152 valence electrons. The third-order valence-electron chi connectivity index (χ3n) is 4.13. The largest absolute Gasteiger partial charge is 0.490 e. The smallest absolute Gasteiger partial charge is 0.262 e. The number of aromatic amines is 1. The quantitative estimate of drug-likeness (QED) is 0.451. The molecule has 3 aromatic rings. The van der Waals surface area contributed by atoms with Crippen molar-refractivity contribution in [2.75, 3.05) is 26.1 Å². The number of aromatic nitrogens is 2. The number of nitrogens with zero attached hydrogens (tertiary/aromatic N) is 3. The van der Waals surface area contributed by atoms with Crippen LogP contribution in [0.2, 0.25) is 0 Å². The highest BCUT2D eigenvalue weighted by molar-refractivity contribution is 5.83.